The second kappa shape index (κ2) is 10.1. The lowest BCUT2D eigenvalue weighted by Crippen LogP contribution is -2.57. The number of fused-ring (bicyclic) bond motifs is 3. The Bertz CT molecular complexity index is 1780. The minimum atomic E-state index is -4.66. The van der Waals surface area contributed by atoms with E-state index in [0.717, 1.165) is 16.1 Å². The van der Waals surface area contributed by atoms with Gasteiger partial charge in [0, 0.05) is 15.4 Å². The van der Waals surface area contributed by atoms with Crippen LogP contribution in [-0.4, -0.2) is 27.5 Å². The number of halogens is 4. The second-order valence-corrected chi connectivity index (χ2v) is 12.0. The van der Waals surface area contributed by atoms with Gasteiger partial charge in [-0.3, -0.25) is 9.59 Å². The van der Waals surface area contributed by atoms with E-state index >= 15 is 0 Å². The molecule has 0 aliphatic heterocycles. The van der Waals surface area contributed by atoms with E-state index in [1.807, 2.05) is 55.5 Å². The predicted molar refractivity (Wildman–Crippen MR) is 158 cm³/mol. The van der Waals surface area contributed by atoms with E-state index in [1.165, 1.54) is 24.3 Å². The van der Waals surface area contributed by atoms with Crippen molar-refractivity contribution in [3.8, 4) is 11.3 Å². The zero-order chi connectivity index (χ0) is 29.9. The first-order valence-electron chi connectivity index (χ1n) is 13.6. The number of hydrogen-bond acceptors (Lipinski definition) is 3. The molecule has 42 heavy (non-hydrogen) atoms. The number of nitrogens with zero attached hydrogens (tertiary/aromatic N) is 1. The number of nitrogens with one attached hydrogen (secondary N) is 1. The van der Waals surface area contributed by atoms with Gasteiger partial charge in [0.1, 0.15) is 0 Å². The summed E-state index contributed by atoms with van der Waals surface area (Å²) >= 11 is 3.49. The molecular formula is C33H26BrF3N2O3. The molecule has 214 valence electrons. The molecule has 1 heterocycles. The topological polar surface area (TPSA) is 79.3 Å². The predicted octanol–water partition coefficient (Wildman–Crippen LogP) is 8.20. The van der Waals surface area contributed by atoms with Crippen LogP contribution in [0.15, 0.2) is 83.3 Å². The molecule has 0 saturated heterocycles. The summed E-state index contributed by atoms with van der Waals surface area (Å²) in [5.74, 6) is -1.52. The molecule has 1 fully saturated rings. The zero-order valence-electron chi connectivity index (χ0n) is 22.6. The average molecular weight is 635 g/mol. The van der Waals surface area contributed by atoms with Gasteiger partial charge < -0.3 is 10.4 Å². The molecule has 4 aromatic rings. The molecule has 3 aromatic carbocycles. The monoisotopic (exact) mass is 634 g/mol. The van der Waals surface area contributed by atoms with Gasteiger partial charge in [0.05, 0.1) is 33.3 Å². The average Bonchev–Trinajstić information content (AvgIpc) is 2.97. The van der Waals surface area contributed by atoms with Gasteiger partial charge in [0.2, 0.25) is 0 Å². The Labute approximate surface area is 248 Å². The molecule has 5 nitrogen and oxygen atoms in total. The van der Waals surface area contributed by atoms with Crippen LogP contribution in [0.1, 0.15) is 52.7 Å². The molecule has 0 atom stereocenters. The molecule has 3 aliphatic carbocycles. The zero-order valence-corrected chi connectivity index (χ0v) is 24.1. The van der Waals surface area contributed by atoms with Crippen LogP contribution >= 0.6 is 15.9 Å². The van der Waals surface area contributed by atoms with Crippen molar-refractivity contribution in [3.63, 3.8) is 0 Å². The number of alkyl halides is 3. The largest absolute Gasteiger partial charge is 0.481 e. The Balaban J connectivity index is 1.53. The number of carboxylic acid groups (broad SMARTS) is 1. The smallest absolute Gasteiger partial charge is 0.416 e. The van der Waals surface area contributed by atoms with Crippen molar-refractivity contribution >= 4 is 44.3 Å². The first-order chi connectivity index (χ1) is 19.9. The maximum Gasteiger partial charge on any atom is 0.416 e. The Kier molecular flexibility index (Phi) is 6.76. The van der Waals surface area contributed by atoms with Crippen LogP contribution in [0.4, 0.5) is 13.2 Å². The molecule has 1 saturated carbocycles. The van der Waals surface area contributed by atoms with Gasteiger partial charge in [-0.2, -0.15) is 13.2 Å². The lowest BCUT2D eigenvalue weighted by Gasteiger charge is -2.51. The molecule has 2 N–H and O–H groups in total. The van der Waals surface area contributed by atoms with Crippen molar-refractivity contribution in [1.82, 2.24) is 10.3 Å². The third kappa shape index (κ3) is 4.60. The van der Waals surface area contributed by atoms with Crippen molar-refractivity contribution in [2.24, 2.45) is 5.41 Å². The van der Waals surface area contributed by atoms with E-state index in [-0.39, 0.29) is 36.8 Å². The minimum absolute atomic E-state index is 0.112. The highest BCUT2D eigenvalue weighted by Crippen LogP contribution is 2.55. The quantitative estimate of drug-likeness (QED) is 0.232. The number of rotatable bonds is 5. The molecule has 9 heteroatoms. The van der Waals surface area contributed by atoms with Gasteiger partial charge in [0.25, 0.3) is 5.91 Å². The number of pyridine rings is 1. The Morgan fingerprint density at radius 2 is 1.62 bits per heavy atom. The summed E-state index contributed by atoms with van der Waals surface area (Å²) in [6.07, 6.45) is -2.41. The van der Waals surface area contributed by atoms with Crippen molar-refractivity contribution in [2.75, 3.05) is 0 Å². The highest BCUT2D eigenvalue weighted by atomic mass is 79.9. The van der Waals surface area contributed by atoms with Gasteiger partial charge in [-0.25, -0.2) is 4.98 Å². The number of carbonyl (C=O) groups excluding carboxylic acids is 1. The first-order valence-corrected chi connectivity index (χ1v) is 14.3. The number of aliphatic carboxylic acids is 1. The number of amides is 1. The maximum atomic E-state index is 14.4. The van der Waals surface area contributed by atoms with Crippen LogP contribution in [0, 0.1) is 12.3 Å². The normalized spacial score (nSPS) is 21.7. The van der Waals surface area contributed by atoms with Crippen molar-refractivity contribution in [2.45, 2.75) is 44.3 Å². The number of aromatic nitrogens is 1. The molecule has 0 radical (unpaired) electrons. The summed E-state index contributed by atoms with van der Waals surface area (Å²) in [5, 5.41) is 13.8. The molecule has 0 spiro atoms. The summed E-state index contributed by atoms with van der Waals surface area (Å²) in [6.45, 7) is 1.81. The fourth-order valence-corrected chi connectivity index (χ4v) is 6.86. The lowest BCUT2D eigenvalue weighted by atomic mass is 9.57. The molecule has 2 bridgehead atoms. The van der Waals surface area contributed by atoms with Crippen LogP contribution in [0.2, 0.25) is 0 Å². The van der Waals surface area contributed by atoms with E-state index in [1.54, 1.807) is 0 Å². The van der Waals surface area contributed by atoms with Crippen LogP contribution in [0.3, 0.4) is 0 Å². The van der Waals surface area contributed by atoms with Gasteiger partial charge in [-0.05, 0) is 73.6 Å². The highest BCUT2D eigenvalue weighted by Gasteiger charge is 2.55. The summed E-state index contributed by atoms with van der Waals surface area (Å²) < 4.78 is 43.3. The standard InChI is InChI=1S/C33H26BrF3N2O3/c1-19-27(23-17-21(34)11-12-26(23)38-28(19)20-7-3-2-4-8-20)29(40)39-32-15-13-31(14-16-32,30(41)42)18-25(32)22-9-5-6-10-24(22)33(35,36)37/h2-12,17-18H,13-16H2,1H3,(H,39,40)(H,41,42). The molecule has 7 rings (SSSR count). The number of carboxylic acids is 1. The fourth-order valence-electron chi connectivity index (χ4n) is 6.50. The molecule has 0 unspecified atom stereocenters. The molecular weight excluding hydrogens is 609 g/mol. The number of benzene rings is 3. The molecule has 3 aliphatic rings. The highest BCUT2D eigenvalue weighted by molar-refractivity contribution is 9.10. The second-order valence-electron chi connectivity index (χ2n) is 11.1. The van der Waals surface area contributed by atoms with Crippen molar-refractivity contribution in [3.05, 3.63) is 106 Å². The van der Waals surface area contributed by atoms with E-state index in [2.05, 4.69) is 21.2 Å². The Morgan fingerprint density at radius 3 is 2.29 bits per heavy atom. The SMILES string of the molecule is Cc1c(-c2ccccc2)nc2ccc(Br)cc2c1C(=O)NC12CCC(C(=O)O)(C=C1c1ccccc1C(F)(F)F)CC2. The molecule has 1 aromatic heterocycles. The first kappa shape index (κ1) is 28.2. The fraction of sp³-hybridized carbons (Fsp3) is 0.242. The third-order valence-electron chi connectivity index (χ3n) is 8.70. The summed E-state index contributed by atoms with van der Waals surface area (Å²) in [7, 11) is 0. The minimum Gasteiger partial charge on any atom is -0.481 e. The van der Waals surface area contributed by atoms with E-state index < -0.39 is 34.6 Å². The van der Waals surface area contributed by atoms with Crippen LogP contribution < -0.4 is 5.32 Å². The van der Waals surface area contributed by atoms with Gasteiger partial charge >= 0.3 is 12.1 Å². The number of carbonyl (C=O) groups is 2. The maximum absolute atomic E-state index is 14.4. The van der Waals surface area contributed by atoms with Crippen molar-refractivity contribution < 1.29 is 27.9 Å². The van der Waals surface area contributed by atoms with Crippen LogP contribution in [0.25, 0.3) is 27.7 Å². The Hall–Kier alpha value is -3.98. The summed E-state index contributed by atoms with van der Waals surface area (Å²) in [6, 6.07) is 20.1. The van der Waals surface area contributed by atoms with Gasteiger partial charge in [-0.15, -0.1) is 0 Å². The Morgan fingerprint density at radius 1 is 0.952 bits per heavy atom. The summed E-state index contributed by atoms with van der Waals surface area (Å²) in [4.78, 5) is 31.6. The van der Waals surface area contributed by atoms with E-state index in [4.69, 9.17) is 4.98 Å². The van der Waals surface area contributed by atoms with Gasteiger partial charge in [-0.1, -0.05) is 70.5 Å². The lowest BCUT2D eigenvalue weighted by molar-refractivity contribution is -0.148. The molecule has 1 amide bonds. The number of hydrogen-bond donors (Lipinski definition) is 2. The summed E-state index contributed by atoms with van der Waals surface area (Å²) in [5.41, 5.74) is -0.186. The van der Waals surface area contributed by atoms with Crippen LogP contribution in [-0.2, 0) is 11.0 Å². The van der Waals surface area contributed by atoms with Gasteiger partial charge in [0.15, 0.2) is 0 Å². The third-order valence-corrected chi connectivity index (χ3v) is 9.19. The van der Waals surface area contributed by atoms with E-state index in [0.29, 0.717) is 27.7 Å². The van der Waals surface area contributed by atoms with Crippen molar-refractivity contribution in [1.29, 1.82) is 0 Å². The van der Waals surface area contributed by atoms with Crippen LogP contribution in [0.5, 0.6) is 0 Å². The van der Waals surface area contributed by atoms with E-state index in [9.17, 15) is 27.9 Å².